The van der Waals surface area contributed by atoms with E-state index in [4.69, 9.17) is 4.74 Å². The van der Waals surface area contributed by atoms with Gasteiger partial charge in [-0.15, -0.1) is 0 Å². The highest BCUT2D eigenvalue weighted by molar-refractivity contribution is 9.10. The Morgan fingerprint density at radius 1 is 1.02 bits per heavy atom. The Balaban J connectivity index is 2.11. The molecule has 13 heteroatoms. The maximum absolute atomic E-state index is 14.2. The molecule has 0 aromatic heterocycles. The van der Waals surface area contributed by atoms with Crippen LogP contribution < -0.4 is 14.4 Å². The van der Waals surface area contributed by atoms with Crippen LogP contribution in [0.1, 0.15) is 25.0 Å². The van der Waals surface area contributed by atoms with E-state index in [1.807, 2.05) is 44.2 Å². The van der Waals surface area contributed by atoms with Crippen LogP contribution in [0.3, 0.4) is 0 Å². The molecule has 0 bridgehead atoms. The van der Waals surface area contributed by atoms with E-state index in [1.54, 1.807) is 24.3 Å². The van der Waals surface area contributed by atoms with E-state index >= 15 is 0 Å². The van der Waals surface area contributed by atoms with Crippen molar-refractivity contribution in [1.29, 1.82) is 0 Å². The van der Waals surface area contributed by atoms with Gasteiger partial charge >= 0.3 is 0 Å². The molecule has 1 N–H and O–H groups in total. The minimum atomic E-state index is -4.15. The minimum absolute atomic E-state index is 0.00237. The average molecular weight is 676 g/mol. The zero-order valence-electron chi connectivity index (χ0n) is 24.4. The lowest BCUT2D eigenvalue weighted by molar-refractivity contribution is -0.384. The molecule has 0 spiro atoms. The molecule has 11 nitrogen and oxygen atoms in total. The second-order valence-electron chi connectivity index (χ2n) is 10.4. The van der Waals surface area contributed by atoms with E-state index in [9.17, 15) is 28.1 Å². The van der Waals surface area contributed by atoms with Gasteiger partial charge in [-0.25, -0.2) is 8.42 Å². The van der Waals surface area contributed by atoms with Crippen molar-refractivity contribution >= 4 is 49.1 Å². The number of sulfonamides is 1. The Hall–Kier alpha value is -3.97. The highest BCUT2D eigenvalue weighted by Crippen LogP contribution is 2.34. The quantitative estimate of drug-likeness (QED) is 0.196. The van der Waals surface area contributed by atoms with E-state index in [0.717, 1.165) is 26.7 Å². The van der Waals surface area contributed by atoms with E-state index in [0.29, 0.717) is 12.1 Å². The lowest BCUT2D eigenvalue weighted by Crippen LogP contribution is -2.53. The van der Waals surface area contributed by atoms with E-state index < -0.39 is 33.4 Å². The van der Waals surface area contributed by atoms with Crippen LogP contribution >= 0.6 is 15.9 Å². The number of non-ortho nitro benzene ring substituents is 1. The average Bonchev–Trinajstić information content (AvgIpc) is 2.96. The summed E-state index contributed by atoms with van der Waals surface area (Å²) >= 11 is 3.40. The number of nitrogens with one attached hydrogen (secondary N) is 1. The first-order valence-electron chi connectivity index (χ1n) is 13.5. The number of nitro benzene ring substituents is 1. The number of anilines is 1. The summed E-state index contributed by atoms with van der Waals surface area (Å²) in [4.78, 5) is 40.1. The third kappa shape index (κ3) is 9.52. The smallest absolute Gasteiger partial charge is 0.271 e. The number of carbonyl (C=O) groups is 2. The van der Waals surface area contributed by atoms with Gasteiger partial charge in [-0.3, -0.25) is 24.0 Å². The van der Waals surface area contributed by atoms with Crippen molar-refractivity contribution in [2.45, 2.75) is 32.9 Å². The Morgan fingerprint density at radius 3 is 2.23 bits per heavy atom. The highest BCUT2D eigenvalue weighted by Gasteiger charge is 2.34. The van der Waals surface area contributed by atoms with Gasteiger partial charge in [0.1, 0.15) is 24.0 Å². The molecule has 0 saturated heterocycles. The van der Waals surface area contributed by atoms with Crippen molar-refractivity contribution in [3.05, 3.63) is 98.5 Å². The number of nitro groups is 1. The van der Waals surface area contributed by atoms with Gasteiger partial charge in [-0.2, -0.15) is 0 Å². The normalized spacial score (nSPS) is 12.0. The Bertz CT molecular complexity index is 1530. The van der Waals surface area contributed by atoms with E-state index in [-0.39, 0.29) is 41.9 Å². The molecule has 0 aliphatic heterocycles. The van der Waals surface area contributed by atoms with Crippen LogP contribution in [-0.4, -0.2) is 62.6 Å². The first-order chi connectivity index (χ1) is 20.3. The van der Waals surface area contributed by atoms with E-state index in [2.05, 4.69) is 21.2 Å². The van der Waals surface area contributed by atoms with E-state index in [1.165, 1.54) is 24.1 Å². The van der Waals surface area contributed by atoms with Crippen LogP contribution in [0.4, 0.5) is 11.4 Å². The van der Waals surface area contributed by atoms with Gasteiger partial charge in [-0.05, 0) is 35.2 Å². The number of nitrogens with zero attached hydrogens (tertiary/aromatic N) is 3. The Labute approximate surface area is 260 Å². The number of methoxy groups -OCH3 is 1. The summed E-state index contributed by atoms with van der Waals surface area (Å²) in [6, 6.07) is 18.9. The molecule has 0 aliphatic carbocycles. The molecule has 2 amide bonds. The topological polar surface area (TPSA) is 139 Å². The summed E-state index contributed by atoms with van der Waals surface area (Å²) in [5.41, 5.74) is 0.977. The summed E-state index contributed by atoms with van der Waals surface area (Å²) in [7, 11) is -2.86. The molecule has 43 heavy (non-hydrogen) atoms. The molecule has 1 atom stereocenters. The Morgan fingerprint density at radius 2 is 1.67 bits per heavy atom. The molecule has 3 aromatic carbocycles. The summed E-state index contributed by atoms with van der Waals surface area (Å²) in [5.74, 6) is -0.887. The van der Waals surface area contributed by atoms with Crippen LogP contribution in [0, 0.1) is 16.0 Å². The van der Waals surface area contributed by atoms with Crippen molar-refractivity contribution < 1.29 is 27.7 Å². The summed E-state index contributed by atoms with van der Waals surface area (Å²) in [5, 5.41) is 14.4. The third-order valence-corrected chi connectivity index (χ3v) is 8.20. The molecule has 0 aliphatic rings. The number of carbonyl (C=O) groups excluding carboxylic acids is 2. The summed E-state index contributed by atoms with van der Waals surface area (Å²) in [6.45, 7) is 3.56. The van der Waals surface area contributed by atoms with Crippen molar-refractivity contribution in [1.82, 2.24) is 10.2 Å². The molecule has 0 heterocycles. The van der Waals surface area contributed by atoms with Gasteiger partial charge in [0.2, 0.25) is 21.8 Å². The molecule has 3 rings (SSSR count). The van der Waals surface area contributed by atoms with Crippen molar-refractivity contribution in [3.63, 3.8) is 0 Å². The number of hydrogen-bond donors (Lipinski definition) is 1. The largest absolute Gasteiger partial charge is 0.495 e. The monoisotopic (exact) mass is 674 g/mol. The highest BCUT2D eigenvalue weighted by atomic mass is 79.9. The van der Waals surface area contributed by atoms with Crippen molar-refractivity contribution in [3.8, 4) is 5.75 Å². The van der Waals surface area contributed by atoms with Gasteiger partial charge in [0, 0.05) is 36.1 Å². The molecular weight excluding hydrogens is 640 g/mol. The number of halogens is 1. The number of benzene rings is 3. The SMILES string of the molecule is COc1ccc([N+](=O)[O-])cc1N(CC(=O)N(Cc1ccc(Br)cc1)[C@@H](Cc1ccccc1)C(=O)NCC(C)C)S(C)(=O)=O. The standard InChI is InChI=1S/C30H35BrN4O7S/c1-21(2)18-32-30(37)27(16-22-8-6-5-7-9-22)33(19-23-10-12-24(31)13-11-23)29(36)20-34(43(4,40)41)26-17-25(35(38)39)14-15-28(26)42-3/h5-15,17,21,27H,16,18-20H2,1-4H3,(H,32,37)/t27-/m0/s1. The fourth-order valence-corrected chi connectivity index (χ4v) is 5.45. The number of rotatable bonds is 14. The second kappa shape index (κ2) is 15.0. The third-order valence-electron chi connectivity index (χ3n) is 6.54. The number of amides is 2. The summed E-state index contributed by atoms with van der Waals surface area (Å²) < 4.78 is 33.0. The van der Waals surface area contributed by atoms with Gasteiger partial charge in [0.05, 0.1) is 18.3 Å². The van der Waals surface area contributed by atoms with Gasteiger partial charge in [0.15, 0.2) is 0 Å². The molecule has 230 valence electrons. The van der Waals surface area contributed by atoms with Crippen LogP contribution in [0.2, 0.25) is 0 Å². The van der Waals surface area contributed by atoms with Gasteiger partial charge in [-0.1, -0.05) is 72.2 Å². The lowest BCUT2D eigenvalue weighted by atomic mass is 10.0. The second-order valence-corrected chi connectivity index (χ2v) is 13.2. The van der Waals surface area contributed by atoms with Crippen molar-refractivity contribution in [2.24, 2.45) is 5.92 Å². The first kappa shape index (κ1) is 33.5. The molecule has 3 aromatic rings. The fourth-order valence-electron chi connectivity index (χ4n) is 4.34. The number of ether oxygens (including phenoxy) is 1. The molecule has 0 radical (unpaired) electrons. The zero-order valence-corrected chi connectivity index (χ0v) is 26.8. The zero-order chi connectivity index (χ0) is 31.7. The molecule has 0 fully saturated rings. The molecule has 0 unspecified atom stereocenters. The van der Waals surface area contributed by atoms with Gasteiger partial charge < -0.3 is 15.0 Å². The maximum atomic E-state index is 14.2. The lowest BCUT2D eigenvalue weighted by Gasteiger charge is -2.34. The Kier molecular flexibility index (Phi) is 11.7. The molecule has 0 saturated carbocycles. The van der Waals surface area contributed by atoms with Crippen LogP contribution in [0.5, 0.6) is 5.75 Å². The molecular formula is C30H35BrN4O7S. The summed E-state index contributed by atoms with van der Waals surface area (Å²) in [6.07, 6.45) is 1.07. The number of hydrogen-bond acceptors (Lipinski definition) is 7. The van der Waals surface area contributed by atoms with Crippen LogP contribution in [0.25, 0.3) is 0 Å². The fraction of sp³-hybridized carbons (Fsp3) is 0.333. The maximum Gasteiger partial charge on any atom is 0.271 e. The first-order valence-corrected chi connectivity index (χ1v) is 16.1. The van der Waals surface area contributed by atoms with Gasteiger partial charge in [0.25, 0.3) is 5.69 Å². The minimum Gasteiger partial charge on any atom is -0.495 e. The van der Waals surface area contributed by atoms with Crippen molar-refractivity contribution in [2.75, 3.05) is 30.8 Å². The predicted molar refractivity (Wildman–Crippen MR) is 168 cm³/mol. The van der Waals surface area contributed by atoms with Crippen LogP contribution in [0.15, 0.2) is 77.3 Å². The predicted octanol–water partition coefficient (Wildman–Crippen LogP) is 4.54. The van der Waals surface area contributed by atoms with Crippen LogP contribution in [-0.2, 0) is 32.6 Å².